The molecule has 3 aromatic rings. The van der Waals surface area contributed by atoms with Crippen LogP contribution in [-0.2, 0) is 16.1 Å². The highest BCUT2D eigenvalue weighted by Crippen LogP contribution is 2.23. The van der Waals surface area contributed by atoms with Crippen LogP contribution in [0, 0.1) is 6.92 Å². The summed E-state index contributed by atoms with van der Waals surface area (Å²) in [6.07, 6.45) is 0.0925. The maximum absolute atomic E-state index is 12.9. The van der Waals surface area contributed by atoms with E-state index in [1.807, 2.05) is 31.2 Å². The molecule has 176 valence electrons. The average Bonchev–Trinajstić information content (AvgIpc) is 2.86. The number of para-hydroxylation sites is 1. The second-order valence-electron chi connectivity index (χ2n) is 7.92. The van der Waals surface area contributed by atoms with E-state index in [0.717, 1.165) is 11.1 Å². The maximum Gasteiger partial charge on any atom is 0.257 e. The lowest BCUT2D eigenvalue weighted by atomic mass is 10.1. The lowest BCUT2D eigenvalue weighted by Gasteiger charge is -2.20. The molecule has 0 bridgehead atoms. The monoisotopic (exact) mass is 459 g/mol. The number of amides is 3. The molecule has 0 saturated carbocycles. The number of nitrogens with zero attached hydrogens (tertiary/aromatic N) is 1. The minimum atomic E-state index is -0.348. The summed E-state index contributed by atoms with van der Waals surface area (Å²) in [4.78, 5) is 39.3. The predicted octanol–water partition coefficient (Wildman–Crippen LogP) is 4.32. The van der Waals surface area contributed by atoms with Gasteiger partial charge in [0.1, 0.15) is 5.75 Å². The quantitative estimate of drug-likeness (QED) is 0.499. The molecule has 0 aliphatic carbocycles. The molecule has 7 nitrogen and oxygen atoms in total. The average molecular weight is 460 g/mol. The van der Waals surface area contributed by atoms with Crippen molar-refractivity contribution in [2.75, 3.05) is 24.4 Å². The Kier molecular flexibility index (Phi) is 8.40. The van der Waals surface area contributed by atoms with Gasteiger partial charge in [-0.1, -0.05) is 48.0 Å². The summed E-state index contributed by atoms with van der Waals surface area (Å²) in [5.74, 6) is -0.183. The number of nitrogens with one attached hydrogen (secondary N) is 2. The van der Waals surface area contributed by atoms with Crippen LogP contribution in [0.4, 0.5) is 11.4 Å². The van der Waals surface area contributed by atoms with Crippen LogP contribution in [0.25, 0.3) is 0 Å². The fourth-order valence-electron chi connectivity index (χ4n) is 3.37. The first-order valence-electron chi connectivity index (χ1n) is 11.0. The fourth-order valence-corrected chi connectivity index (χ4v) is 3.37. The Hall–Kier alpha value is -4.13. The second kappa shape index (κ2) is 11.7. The topological polar surface area (TPSA) is 87.7 Å². The van der Waals surface area contributed by atoms with Gasteiger partial charge in [0.15, 0.2) is 0 Å². The molecule has 0 radical (unpaired) electrons. The first-order valence-corrected chi connectivity index (χ1v) is 11.0. The van der Waals surface area contributed by atoms with Crippen molar-refractivity contribution in [1.82, 2.24) is 5.32 Å². The lowest BCUT2D eigenvalue weighted by Crippen LogP contribution is -2.30. The van der Waals surface area contributed by atoms with Crippen LogP contribution in [0.3, 0.4) is 0 Å². The van der Waals surface area contributed by atoms with E-state index in [9.17, 15) is 14.4 Å². The van der Waals surface area contributed by atoms with E-state index in [1.54, 1.807) is 62.7 Å². The number of carbonyl (C=O) groups is 3. The zero-order chi connectivity index (χ0) is 24.5. The summed E-state index contributed by atoms with van der Waals surface area (Å²) in [6, 6.07) is 21.8. The smallest absolute Gasteiger partial charge is 0.257 e. The van der Waals surface area contributed by atoms with Gasteiger partial charge in [-0.05, 0) is 36.8 Å². The van der Waals surface area contributed by atoms with Gasteiger partial charge in [-0.25, -0.2) is 0 Å². The Balaban J connectivity index is 1.58. The van der Waals surface area contributed by atoms with Gasteiger partial charge < -0.3 is 20.3 Å². The van der Waals surface area contributed by atoms with Crippen molar-refractivity contribution in [3.05, 3.63) is 89.5 Å². The molecular formula is C27H29N3O4. The summed E-state index contributed by atoms with van der Waals surface area (Å²) in [7, 11) is 3.16. The molecule has 2 N–H and O–H groups in total. The summed E-state index contributed by atoms with van der Waals surface area (Å²) < 4.78 is 5.19. The molecule has 0 saturated heterocycles. The standard InChI is InChI=1S/C27H29N3O4/c1-19-11-13-20(14-12-19)18-28-25(31)15-16-26(32)30(2)24-10-5-4-9-23(24)27(33)29-21-7-6-8-22(17-21)34-3/h4-14,17H,15-16,18H2,1-3H3,(H,28,31)(H,29,33). The number of anilines is 2. The van der Waals surface area contributed by atoms with E-state index in [2.05, 4.69) is 10.6 Å². The highest BCUT2D eigenvalue weighted by molar-refractivity contribution is 6.10. The highest BCUT2D eigenvalue weighted by atomic mass is 16.5. The Morgan fingerprint density at radius 2 is 1.65 bits per heavy atom. The Morgan fingerprint density at radius 1 is 0.912 bits per heavy atom. The molecule has 0 spiro atoms. The number of ether oxygens (including phenoxy) is 1. The van der Waals surface area contributed by atoms with E-state index in [1.165, 1.54) is 4.90 Å². The molecule has 0 atom stereocenters. The Bertz CT molecular complexity index is 1160. The van der Waals surface area contributed by atoms with Crippen molar-refractivity contribution in [3.63, 3.8) is 0 Å². The van der Waals surface area contributed by atoms with Gasteiger partial charge in [-0.15, -0.1) is 0 Å². The van der Waals surface area contributed by atoms with Crippen molar-refractivity contribution in [3.8, 4) is 5.75 Å². The third-order valence-electron chi connectivity index (χ3n) is 5.39. The molecule has 0 fully saturated rings. The van der Waals surface area contributed by atoms with Gasteiger partial charge in [0.25, 0.3) is 5.91 Å². The normalized spacial score (nSPS) is 10.3. The number of aryl methyl sites for hydroxylation is 1. The van der Waals surface area contributed by atoms with E-state index in [4.69, 9.17) is 4.74 Å². The van der Waals surface area contributed by atoms with E-state index in [-0.39, 0.29) is 30.6 Å². The van der Waals surface area contributed by atoms with Gasteiger partial charge >= 0.3 is 0 Å². The summed E-state index contributed by atoms with van der Waals surface area (Å²) in [5, 5.41) is 5.67. The van der Waals surface area contributed by atoms with E-state index in [0.29, 0.717) is 29.2 Å². The van der Waals surface area contributed by atoms with Crippen LogP contribution >= 0.6 is 0 Å². The Morgan fingerprint density at radius 3 is 2.38 bits per heavy atom. The van der Waals surface area contributed by atoms with Crippen molar-refractivity contribution in [2.45, 2.75) is 26.3 Å². The van der Waals surface area contributed by atoms with Crippen molar-refractivity contribution >= 4 is 29.1 Å². The van der Waals surface area contributed by atoms with Crippen LogP contribution in [-0.4, -0.2) is 31.9 Å². The fraction of sp³-hybridized carbons (Fsp3) is 0.222. The summed E-state index contributed by atoms with van der Waals surface area (Å²) in [5.41, 5.74) is 3.55. The van der Waals surface area contributed by atoms with Gasteiger partial charge in [0.05, 0.1) is 18.4 Å². The molecule has 3 amide bonds. The maximum atomic E-state index is 12.9. The zero-order valence-electron chi connectivity index (χ0n) is 19.6. The molecule has 0 aliphatic rings. The number of methoxy groups -OCH3 is 1. The summed E-state index contributed by atoms with van der Waals surface area (Å²) in [6.45, 7) is 2.42. The molecule has 3 aromatic carbocycles. The summed E-state index contributed by atoms with van der Waals surface area (Å²) >= 11 is 0. The molecule has 34 heavy (non-hydrogen) atoms. The first kappa shape index (κ1) is 24.5. The highest BCUT2D eigenvalue weighted by Gasteiger charge is 2.19. The van der Waals surface area contributed by atoms with Gasteiger partial charge in [-0.2, -0.15) is 0 Å². The molecule has 0 aliphatic heterocycles. The minimum Gasteiger partial charge on any atom is -0.497 e. The van der Waals surface area contributed by atoms with Crippen LogP contribution in [0.2, 0.25) is 0 Å². The number of hydrogen-bond donors (Lipinski definition) is 2. The van der Waals surface area contributed by atoms with Crippen LogP contribution in [0.5, 0.6) is 5.75 Å². The molecular weight excluding hydrogens is 430 g/mol. The van der Waals surface area contributed by atoms with Gasteiger partial charge in [-0.3, -0.25) is 14.4 Å². The van der Waals surface area contributed by atoms with Crippen LogP contribution < -0.4 is 20.3 Å². The SMILES string of the molecule is COc1cccc(NC(=O)c2ccccc2N(C)C(=O)CCC(=O)NCc2ccc(C)cc2)c1. The minimum absolute atomic E-state index is 0.0298. The van der Waals surface area contributed by atoms with E-state index >= 15 is 0 Å². The van der Waals surface area contributed by atoms with Gasteiger partial charge in [0.2, 0.25) is 11.8 Å². The van der Waals surface area contributed by atoms with Gasteiger partial charge in [0, 0.05) is 38.2 Å². The Labute approximate surface area is 199 Å². The number of rotatable bonds is 9. The first-order chi connectivity index (χ1) is 16.4. The number of carbonyl (C=O) groups excluding carboxylic acids is 3. The van der Waals surface area contributed by atoms with Crippen molar-refractivity contribution in [1.29, 1.82) is 0 Å². The van der Waals surface area contributed by atoms with Crippen molar-refractivity contribution in [2.24, 2.45) is 0 Å². The molecule has 7 heteroatoms. The van der Waals surface area contributed by atoms with Crippen molar-refractivity contribution < 1.29 is 19.1 Å². The third kappa shape index (κ3) is 6.68. The molecule has 0 unspecified atom stereocenters. The molecule has 0 heterocycles. The lowest BCUT2D eigenvalue weighted by molar-refractivity contribution is -0.125. The van der Waals surface area contributed by atoms with E-state index < -0.39 is 0 Å². The molecule has 3 rings (SSSR count). The number of hydrogen-bond acceptors (Lipinski definition) is 4. The molecule has 0 aromatic heterocycles. The predicted molar refractivity (Wildman–Crippen MR) is 133 cm³/mol. The largest absolute Gasteiger partial charge is 0.497 e. The second-order valence-corrected chi connectivity index (χ2v) is 7.92. The van der Waals surface area contributed by atoms with Crippen LogP contribution in [0.1, 0.15) is 34.3 Å². The number of benzene rings is 3. The van der Waals surface area contributed by atoms with Crippen LogP contribution in [0.15, 0.2) is 72.8 Å². The third-order valence-corrected chi connectivity index (χ3v) is 5.39. The zero-order valence-corrected chi connectivity index (χ0v) is 19.6.